The quantitative estimate of drug-likeness (QED) is 0.296. The number of benzene rings is 1. The predicted molar refractivity (Wildman–Crippen MR) is 117 cm³/mol. The predicted octanol–water partition coefficient (Wildman–Crippen LogP) is 5.34. The maximum absolute atomic E-state index is 12.1. The van der Waals surface area contributed by atoms with Gasteiger partial charge in [0.05, 0.1) is 25.1 Å². The molecule has 6 nitrogen and oxygen atoms in total. The van der Waals surface area contributed by atoms with Gasteiger partial charge in [0.1, 0.15) is 22.2 Å². The molecule has 0 atom stereocenters. The van der Waals surface area contributed by atoms with E-state index in [1.807, 2.05) is 25.1 Å². The lowest BCUT2D eigenvalue weighted by atomic mass is 10.1. The molecule has 0 spiro atoms. The number of hydrogen-bond donors (Lipinski definition) is 0. The Labute approximate surface area is 176 Å². The van der Waals surface area contributed by atoms with Gasteiger partial charge in [0.15, 0.2) is 0 Å². The van der Waals surface area contributed by atoms with E-state index in [4.69, 9.17) is 14.3 Å². The second-order valence-electron chi connectivity index (χ2n) is 7.54. The van der Waals surface area contributed by atoms with E-state index in [9.17, 15) is 4.79 Å². The van der Waals surface area contributed by atoms with Crippen LogP contribution < -0.4 is 4.74 Å². The molecule has 1 aromatic heterocycles. The fraction of sp³-hybridized carbons (Fsp3) is 0.500. The number of nitrogens with zero attached hydrogens (tertiary/aromatic N) is 2. The summed E-state index contributed by atoms with van der Waals surface area (Å²) in [6, 6.07) is 5.79. The van der Waals surface area contributed by atoms with Crippen molar-refractivity contribution in [2.45, 2.75) is 41.5 Å². The highest BCUT2D eigenvalue weighted by Gasteiger charge is 2.18. The van der Waals surface area contributed by atoms with Crippen LogP contribution in [0, 0.1) is 18.8 Å². The first-order valence-electron chi connectivity index (χ1n) is 9.88. The fourth-order valence-corrected chi connectivity index (χ4v) is 3.32. The minimum atomic E-state index is -0.338. The summed E-state index contributed by atoms with van der Waals surface area (Å²) in [6.07, 6.45) is 1.66. The SMILES string of the molecule is CCOC(=O)c1sc(-c2ccc(OCC(C)C)c(/C=N/OCC(C)C)c2)nc1C. The van der Waals surface area contributed by atoms with Crippen molar-refractivity contribution < 1.29 is 19.1 Å². The van der Waals surface area contributed by atoms with E-state index >= 15 is 0 Å². The van der Waals surface area contributed by atoms with Crippen LogP contribution in [0.25, 0.3) is 10.6 Å². The van der Waals surface area contributed by atoms with Gasteiger partial charge in [-0.2, -0.15) is 0 Å². The summed E-state index contributed by atoms with van der Waals surface area (Å²) < 4.78 is 11.0. The average molecular weight is 419 g/mol. The molecule has 158 valence electrons. The summed E-state index contributed by atoms with van der Waals surface area (Å²) in [7, 11) is 0. The van der Waals surface area contributed by atoms with Crippen molar-refractivity contribution in [1.29, 1.82) is 0 Å². The summed E-state index contributed by atoms with van der Waals surface area (Å²) in [6.45, 7) is 13.4. The molecule has 7 heteroatoms. The minimum Gasteiger partial charge on any atom is -0.493 e. The van der Waals surface area contributed by atoms with Gasteiger partial charge < -0.3 is 14.3 Å². The van der Waals surface area contributed by atoms with E-state index in [0.717, 1.165) is 21.9 Å². The normalized spacial score (nSPS) is 11.4. The Morgan fingerprint density at radius 3 is 2.59 bits per heavy atom. The highest BCUT2D eigenvalue weighted by atomic mass is 32.1. The molecular formula is C22H30N2O4S. The summed E-state index contributed by atoms with van der Waals surface area (Å²) in [4.78, 5) is 22.5. The molecule has 0 saturated carbocycles. The fourth-order valence-electron chi connectivity index (χ4n) is 2.36. The summed E-state index contributed by atoms with van der Waals surface area (Å²) in [5.41, 5.74) is 2.35. The zero-order valence-corrected chi connectivity index (χ0v) is 18.8. The van der Waals surface area contributed by atoms with Gasteiger partial charge in [0.2, 0.25) is 0 Å². The average Bonchev–Trinajstić information content (AvgIpc) is 3.05. The van der Waals surface area contributed by atoms with E-state index in [0.29, 0.717) is 42.2 Å². The number of hydrogen-bond acceptors (Lipinski definition) is 7. The first-order valence-corrected chi connectivity index (χ1v) is 10.7. The van der Waals surface area contributed by atoms with Crippen molar-refractivity contribution in [2.24, 2.45) is 17.0 Å². The van der Waals surface area contributed by atoms with Crippen molar-refractivity contribution in [3.8, 4) is 16.3 Å². The topological polar surface area (TPSA) is 70.0 Å². The molecule has 0 aliphatic heterocycles. The van der Waals surface area contributed by atoms with Gasteiger partial charge >= 0.3 is 5.97 Å². The second-order valence-corrected chi connectivity index (χ2v) is 8.53. The number of esters is 1. The summed E-state index contributed by atoms with van der Waals surface area (Å²) >= 11 is 1.32. The Morgan fingerprint density at radius 1 is 1.21 bits per heavy atom. The third kappa shape index (κ3) is 6.85. The van der Waals surface area contributed by atoms with Crippen LogP contribution in [0.5, 0.6) is 5.75 Å². The maximum Gasteiger partial charge on any atom is 0.350 e. The standard InChI is InChI=1S/C22H30N2O4S/c1-7-26-22(25)20-16(6)24-21(29-20)17-8-9-19(27-12-14(2)3)18(10-17)11-23-28-13-15(4)5/h8-11,14-15H,7,12-13H2,1-6H3/b23-11+. The Hall–Kier alpha value is -2.41. The molecule has 0 unspecified atom stereocenters. The van der Waals surface area contributed by atoms with Crippen molar-refractivity contribution in [3.05, 3.63) is 34.3 Å². The number of aryl methyl sites for hydroxylation is 1. The first kappa shape index (κ1) is 22.9. The van der Waals surface area contributed by atoms with Crippen LogP contribution in [0.3, 0.4) is 0 Å². The van der Waals surface area contributed by atoms with E-state index in [1.165, 1.54) is 11.3 Å². The molecule has 0 saturated heterocycles. The van der Waals surface area contributed by atoms with Crippen LogP contribution in [0.15, 0.2) is 23.4 Å². The van der Waals surface area contributed by atoms with Crippen molar-refractivity contribution in [3.63, 3.8) is 0 Å². The largest absolute Gasteiger partial charge is 0.493 e. The highest BCUT2D eigenvalue weighted by molar-refractivity contribution is 7.17. The molecule has 0 N–H and O–H groups in total. The molecule has 0 fully saturated rings. The van der Waals surface area contributed by atoms with Gasteiger partial charge in [-0.3, -0.25) is 0 Å². The van der Waals surface area contributed by atoms with Crippen LogP contribution in [0.4, 0.5) is 0 Å². The molecule has 2 rings (SSSR count). The molecule has 1 aromatic carbocycles. The van der Waals surface area contributed by atoms with Gasteiger partial charge in [-0.15, -0.1) is 11.3 Å². The Balaban J connectivity index is 2.32. The highest BCUT2D eigenvalue weighted by Crippen LogP contribution is 2.31. The van der Waals surface area contributed by atoms with E-state index in [2.05, 4.69) is 37.8 Å². The molecule has 0 amide bonds. The molecular weight excluding hydrogens is 388 g/mol. The number of aromatic nitrogens is 1. The van der Waals surface area contributed by atoms with Crippen molar-refractivity contribution in [1.82, 2.24) is 4.98 Å². The van der Waals surface area contributed by atoms with Crippen LogP contribution in [-0.4, -0.2) is 37.0 Å². The molecule has 29 heavy (non-hydrogen) atoms. The molecule has 0 radical (unpaired) electrons. The zero-order chi connectivity index (χ0) is 21.4. The zero-order valence-electron chi connectivity index (χ0n) is 18.0. The van der Waals surface area contributed by atoms with Gasteiger partial charge in [-0.05, 0) is 43.9 Å². The minimum absolute atomic E-state index is 0.338. The Morgan fingerprint density at radius 2 is 1.93 bits per heavy atom. The Kier molecular flexibility index (Phi) is 8.64. The molecule has 0 aliphatic rings. The number of rotatable bonds is 10. The number of thiazole rings is 1. The number of ether oxygens (including phenoxy) is 2. The lowest BCUT2D eigenvalue weighted by Gasteiger charge is -2.12. The lowest BCUT2D eigenvalue weighted by molar-refractivity contribution is 0.0531. The van der Waals surface area contributed by atoms with Crippen molar-refractivity contribution >= 4 is 23.5 Å². The lowest BCUT2D eigenvalue weighted by Crippen LogP contribution is -2.06. The van der Waals surface area contributed by atoms with Crippen LogP contribution >= 0.6 is 11.3 Å². The Bertz CT molecular complexity index is 843. The summed E-state index contributed by atoms with van der Waals surface area (Å²) in [5.74, 6) is 1.20. The van der Waals surface area contributed by atoms with E-state index in [-0.39, 0.29) is 5.97 Å². The summed E-state index contributed by atoms with van der Waals surface area (Å²) in [5, 5.41) is 4.83. The van der Waals surface area contributed by atoms with Gasteiger partial charge in [0, 0.05) is 11.1 Å². The number of oxime groups is 1. The molecule has 0 aliphatic carbocycles. The number of carbonyl (C=O) groups is 1. The number of carbonyl (C=O) groups excluding carboxylic acids is 1. The van der Waals surface area contributed by atoms with Crippen LogP contribution in [0.1, 0.15) is 55.5 Å². The van der Waals surface area contributed by atoms with Crippen LogP contribution in [0.2, 0.25) is 0 Å². The van der Waals surface area contributed by atoms with Crippen LogP contribution in [-0.2, 0) is 9.57 Å². The first-order chi connectivity index (χ1) is 13.8. The second kappa shape index (κ2) is 11.0. The van der Waals surface area contributed by atoms with Gasteiger partial charge in [0.25, 0.3) is 0 Å². The molecule has 0 bridgehead atoms. The molecule has 1 heterocycles. The van der Waals surface area contributed by atoms with E-state index in [1.54, 1.807) is 13.1 Å². The van der Waals surface area contributed by atoms with Crippen molar-refractivity contribution in [2.75, 3.05) is 19.8 Å². The molecule has 2 aromatic rings. The van der Waals surface area contributed by atoms with Gasteiger partial charge in [-0.1, -0.05) is 32.9 Å². The third-order valence-electron chi connectivity index (χ3n) is 3.76. The maximum atomic E-state index is 12.1. The third-order valence-corrected chi connectivity index (χ3v) is 4.95. The van der Waals surface area contributed by atoms with E-state index < -0.39 is 0 Å². The smallest absolute Gasteiger partial charge is 0.350 e. The monoisotopic (exact) mass is 418 g/mol. The van der Waals surface area contributed by atoms with Gasteiger partial charge in [-0.25, -0.2) is 9.78 Å².